The number of hydrogen-bond acceptors (Lipinski definition) is 5. The van der Waals surface area contributed by atoms with Gasteiger partial charge in [-0.3, -0.25) is 0 Å². The summed E-state index contributed by atoms with van der Waals surface area (Å²) in [5, 5.41) is 0.978. The minimum Gasteiger partial charge on any atom is -0.464 e. The third-order valence-electron chi connectivity index (χ3n) is 3.76. The first-order chi connectivity index (χ1) is 9.17. The molecule has 1 aromatic rings. The monoisotopic (exact) mass is 282 g/mol. The van der Waals surface area contributed by atoms with Gasteiger partial charge in [-0.15, -0.1) is 11.3 Å². The first-order valence-corrected chi connectivity index (χ1v) is 7.81. The van der Waals surface area contributed by atoms with Gasteiger partial charge in [-0.2, -0.15) is 0 Å². The highest BCUT2D eigenvalue weighted by molar-refractivity contribution is 7.15. The SMILES string of the molecule is CCC1CCCCCN1c1nc(C(=O)OC)c(C)s1. The fourth-order valence-corrected chi connectivity index (χ4v) is 3.64. The molecule has 0 bridgehead atoms. The molecule has 1 aliphatic rings. The molecular formula is C14H22N2O2S. The van der Waals surface area contributed by atoms with E-state index in [0.29, 0.717) is 11.7 Å². The number of carbonyl (C=O) groups is 1. The first-order valence-electron chi connectivity index (χ1n) is 6.99. The smallest absolute Gasteiger partial charge is 0.357 e. The lowest BCUT2D eigenvalue weighted by Gasteiger charge is -2.28. The predicted octanol–water partition coefficient (Wildman–Crippen LogP) is 3.40. The Hall–Kier alpha value is -1.10. The lowest BCUT2D eigenvalue weighted by Crippen LogP contribution is -2.34. The number of hydrogen-bond donors (Lipinski definition) is 0. The summed E-state index contributed by atoms with van der Waals surface area (Å²) in [5.41, 5.74) is 0.474. The van der Waals surface area contributed by atoms with Gasteiger partial charge in [0, 0.05) is 17.5 Å². The van der Waals surface area contributed by atoms with Crippen molar-refractivity contribution in [2.24, 2.45) is 0 Å². The fraction of sp³-hybridized carbons (Fsp3) is 0.714. The molecule has 106 valence electrons. The van der Waals surface area contributed by atoms with Gasteiger partial charge >= 0.3 is 5.97 Å². The van der Waals surface area contributed by atoms with Crippen LogP contribution in [0.3, 0.4) is 0 Å². The molecule has 1 aromatic heterocycles. The molecule has 19 heavy (non-hydrogen) atoms. The molecular weight excluding hydrogens is 260 g/mol. The summed E-state index contributed by atoms with van der Waals surface area (Å²) in [4.78, 5) is 19.5. The van der Waals surface area contributed by atoms with Crippen LogP contribution in [0.5, 0.6) is 0 Å². The third-order valence-corrected chi connectivity index (χ3v) is 4.77. The molecule has 1 atom stereocenters. The van der Waals surface area contributed by atoms with Crippen LogP contribution in [0.1, 0.15) is 54.4 Å². The van der Waals surface area contributed by atoms with Crippen LogP contribution >= 0.6 is 11.3 Å². The van der Waals surface area contributed by atoms with Crippen LogP contribution < -0.4 is 4.90 Å². The van der Waals surface area contributed by atoms with Crippen molar-refractivity contribution in [1.82, 2.24) is 4.98 Å². The molecule has 1 saturated heterocycles. The van der Waals surface area contributed by atoms with E-state index in [0.717, 1.165) is 23.0 Å². The topological polar surface area (TPSA) is 42.4 Å². The van der Waals surface area contributed by atoms with Gasteiger partial charge in [-0.1, -0.05) is 19.8 Å². The van der Waals surface area contributed by atoms with Crippen molar-refractivity contribution in [3.63, 3.8) is 0 Å². The molecule has 5 heteroatoms. The number of nitrogens with zero attached hydrogens (tertiary/aromatic N) is 2. The average molecular weight is 282 g/mol. The molecule has 0 N–H and O–H groups in total. The number of aromatic nitrogens is 1. The van der Waals surface area contributed by atoms with E-state index in [2.05, 4.69) is 16.8 Å². The van der Waals surface area contributed by atoms with E-state index in [9.17, 15) is 4.79 Å². The van der Waals surface area contributed by atoms with Crippen molar-refractivity contribution >= 4 is 22.4 Å². The standard InChI is InChI=1S/C14H22N2O2S/c1-4-11-8-6-5-7-9-16(11)14-15-12(10(2)19-14)13(17)18-3/h11H,4-9H2,1-3H3. The molecule has 4 nitrogen and oxygen atoms in total. The van der Waals surface area contributed by atoms with E-state index < -0.39 is 0 Å². The maximum Gasteiger partial charge on any atom is 0.357 e. The second kappa shape index (κ2) is 6.37. The zero-order chi connectivity index (χ0) is 13.8. The second-order valence-corrected chi connectivity index (χ2v) is 6.18. The van der Waals surface area contributed by atoms with Gasteiger partial charge in [-0.05, 0) is 26.2 Å². The Morgan fingerprint density at radius 1 is 1.47 bits per heavy atom. The van der Waals surface area contributed by atoms with Crippen molar-refractivity contribution < 1.29 is 9.53 Å². The van der Waals surface area contributed by atoms with Crippen LogP contribution in [-0.2, 0) is 4.74 Å². The van der Waals surface area contributed by atoms with E-state index >= 15 is 0 Å². The van der Waals surface area contributed by atoms with Crippen LogP contribution in [0, 0.1) is 6.92 Å². The third kappa shape index (κ3) is 3.08. The lowest BCUT2D eigenvalue weighted by molar-refractivity contribution is 0.0594. The van der Waals surface area contributed by atoms with Crippen LogP contribution in [-0.4, -0.2) is 30.6 Å². The summed E-state index contributed by atoms with van der Waals surface area (Å²) in [7, 11) is 1.40. The van der Waals surface area contributed by atoms with Crippen LogP contribution in [0.25, 0.3) is 0 Å². The number of aryl methyl sites for hydroxylation is 1. The maximum atomic E-state index is 11.7. The summed E-state index contributed by atoms with van der Waals surface area (Å²) in [6, 6.07) is 0.554. The highest BCUT2D eigenvalue weighted by Crippen LogP contribution is 2.31. The minimum atomic E-state index is -0.331. The predicted molar refractivity (Wildman–Crippen MR) is 78.1 cm³/mol. The van der Waals surface area contributed by atoms with Crippen molar-refractivity contribution in [2.75, 3.05) is 18.6 Å². The quantitative estimate of drug-likeness (QED) is 0.797. The highest BCUT2D eigenvalue weighted by Gasteiger charge is 2.25. The normalized spacial score (nSPS) is 20.2. The molecule has 0 aromatic carbocycles. The minimum absolute atomic E-state index is 0.331. The Morgan fingerprint density at radius 2 is 2.26 bits per heavy atom. The lowest BCUT2D eigenvalue weighted by atomic mass is 10.1. The molecule has 1 unspecified atom stereocenters. The van der Waals surface area contributed by atoms with E-state index in [1.54, 1.807) is 11.3 Å². The van der Waals surface area contributed by atoms with Crippen LogP contribution in [0.15, 0.2) is 0 Å². The van der Waals surface area contributed by atoms with Gasteiger partial charge in [0.2, 0.25) is 0 Å². The van der Waals surface area contributed by atoms with E-state index in [-0.39, 0.29) is 5.97 Å². The molecule has 2 heterocycles. The number of thiazole rings is 1. The van der Waals surface area contributed by atoms with E-state index in [1.165, 1.54) is 32.8 Å². The zero-order valence-electron chi connectivity index (χ0n) is 11.9. The number of rotatable bonds is 3. The molecule has 0 saturated carbocycles. The molecule has 1 fully saturated rings. The molecule has 0 radical (unpaired) electrons. The summed E-state index contributed by atoms with van der Waals surface area (Å²) in [5.74, 6) is -0.331. The molecule has 1 aliphatic heterocycles. The van der Waals surface area contributed by atoms with E-state index in [1.807, 2.05) is 6.92 Å². The van der Waals surface area contributed by atoms with Crippen molar-refractivity contribution in [3.8, 4) is 0 Å². The Morgan fingerprint density at radius 3 is 2.95 bits per heavy atom. The summed E-state index contributed by atoms with van der Waals surface area (Å²) < 4.78 is 4.78. The molecule has 0 amide bonds. The maximum absolute atomic E-state index is 11.7. The van der Waals surface area contributed by atoms with Crippen LogP contribution in [0.2, 0.25) is 0 Å². The molecule has 0 spiro atoms. The Balaban J connectivity index is 2.26. The fourth-order valence-electron chi connectivity index (χ4n) is 2.64. The van der Waals surface area contributed by atoms with Crippen molar-refractivity contribution in [1.29, 1.82) is 0 Å². The van der Waals surface area contributed by atoms with Gasteiger partial charge in [0.25, 0.3) is 0 Å². The van der Waals surface area contributed by atoms with Gasteiger partial charge in [0.1, 0.15) is 0 Å². The van der Waals surface area contributed by atoms with Gasteiger partial charge in [0.05, 0.1) is 7.11 Å². The highest BCUT2D eigenvalue weighted by atomic mass is 32.1. The van der Waals surface area contributed by atoms with Gasteiger partial charge in [-0.25, -0.2) is 9.78 Å². The first kappa shape index (κ1) is 14.3. The summed E-state index contributed by atoms with van der Waals surface area (Å²) in [6.45, 7) is 5.21. The number of anilines is 1. The molecule has 0 aliphatic carbocycles. The summed E-state index contributed by atoms with van der Waals surface area (Å²) >= 11 is 1.61. The largest absolute Gasteiger partial charge is 0.464 e. The number of esters is 1. The van der Waals surface area contributed by atoms with Crippen molar-refractivity contribution in [3.05, 3.63) is 10.6 Å². The average Bonchev–Trinajstić information content (AvgIpc) is 2.65. The van der Waals surface area contributed by atoms with Crippen molar-refractivity contribution in [2.45, 2.75) is 52.0 Å². The molecule has 2 rings (SSSR count). The number of ether oxygens (including phenoxy) is 1. The zero-order valence-corrected chi connectivity index (χ0v) is 12.8. The Kier molecular flexibility index (Phi) is 4.80. The van der Waals surface area contributed by atoms with Crippen LogP contribution in [0.4, 0.5) is 5.13 Å². The Labute approximate surface area is 118 Å². The summed E-state index contributed by atoms with van der Waals surface area (Å²) in [6.07, 6.45) is 6.15. The van der Waals surface area contributed by atoms with Gasteiger partial charge in [0.15, 0.2) is 10.8 Å². The van der Waals surface area contributed by atoms with Gasteiger partial charge < -0.3 is 9.64 Å². The van der Waals surface area contributed by atoms with E-state index in [4.69, 9.17) is 4.74 Å². The Bertz CT molecular complexity index is 445. The number of carbonyl (C=O) groups excluding carboxylic acids is 1. The number of methoxy groups -OCH3 is 1. The second-order valence-electron chi connectivity index (χ2n) is 5.00.